The summed E-state index contributed by atoms with van der Waals surface area (Å²) in [6.45, 7) is -0.00145. The number of aromatic nitrogens is 1. The van der Waals surface area contributed by atoms with Gasteiger partial charge < -0.3 is 29.9 Å². The highest BCUT2D eigenvalue weighted by molar-refractivity contribution is 5.94. The number of ether oxygens (including phenoxy) is 1. The second kappa shape index (κ2) is 7.76. The van der Waals surface area contributed by atoms with Crippen molar-refractivity contribution < 1.29 is 33.6 Å². The SMILES string of the molecule is O=C(NCc1ccc(F)cc1F)c1cn2c(c(O)c1=O)C(O)N1C(O)CCOC1C2. The Bertz CT molecular complexity index is 1060. The predicted octanol–water partition coefficient (Wildman–Crippen LogP) is 0.133. The molecule has 3 atom stereocenters. The van der Waals surface area contributed by atoms with Crippen LogP contribution in [0.25, 0.3) is 0 Å². The van der Waals surface area contributed by atoms with E-state index in [1.165, 1.54) is 21.7 Å². The molecule has 2 aromatic rings. The molecule has 11 heteroatoms. The molecule has 2 aliphatic heterocycles. The average Bonchev–Trinajstić information content (AvgIpc) is 2.69. The summed E-state index contributed by atoms with van der Waals surface area (Å²) >= 11 is 0. The molecule has 9 nitrogen and oxygen atoms in total. The highest BCUT2D eigenvalue weighted by Gasteiger charge is 2.42. The smallest absolute Gasteiger partial charge is 0.257 e. The Hall–Kier alpha value is -2.86. The van der Waals surface area contributed by atoms with Crippen LogP contribution in [0, 0.1) is 11.6 Å². The summed E-state index contributed by atoms with van der Waals surface area (Å²) in [7, 11) is 0. The summed E-state index contributed by atoms with van der Waals surface area (Å²) in [5.74, 6) is -3.32. The molecule has 0 saturated carbocycles. The van der Waals surface area contributed by atoms with Crippen molar-refractivity contribution >= 4 is 5.91 Å². The third-order valence-corrected chi connectivity index (χ3v) is 5.24. The highest BCUT2D eigenvalue weighted by atomic mass is 19.1. The Labute approximate surface area is 168 Å². The van der Waals surface area contributed by atoms with Crippen LogP contribution in [0.3, 0.4) is 0 Å². The summed E-state index contributed by atoms with van der Waals surface area (Å²) in [5, 5.41) is 33.4. The fourth-order valence-corrected chi connectivity index (χ4v) is 3.70. The van der Waals surface area contributed by atoms with E-state index in [4.69, 9.17) is 4.74 Å². The molecule has 1 aromatic heterocycles. The van der Waals surface area contributed by atoms with Gasteiger partial charge in [0.05, 0.1) is 13.2 Å². The Morgan fingerprint density at radius 3 is 2.80 bits per heavy atom. The number of nitrogens with zero attached hydrogens (tertiary/aromatic N) is 2. The lowest BCUT2D eigenvalue weighted by Crippen LogP contribution is -2.56. The zero-order valence-corrected chi connectivity index (χ0v) is 15.6. The van der Waals surface area contributed by atoms with Crippen LogP contribution < -0.4 is 10.7 Å². The fourth-order valence-electron chi connectivity index (χ4n) is 3.70. The first-order valence-corrected chi connectivity index (χ1v) is 9.21. The van der Waals surface area contributed by atoms with Crippen molar-refractivity contribution in [3.8, 4) is 5.75 Å². The molecule has 4 N–H and O–H groups in total. The van der Waals surface area contributed by atoms with Crippen molar-refractivity contribution in [3.63, 3.8) is 0 Å². The first-order valence-electron chi connectivity index (χ1n) is 9.21. The molecule has 0 spiro atoms. The lowest BCUT2D eigenvalue weighted by molar-refractivity contribution is -0.251. The molecule has 0 aliphatic carbocycles. The van der Waals surface area contributed by atoms with Gasteiger partial charge >= 0.3 is 0 Å². The van der Waals surface area contributed by atoms with E-state index in [-0.39, 0.29) is 37.4 Å². The van der Waals surface area contributed by atoms with Gasteiger partial charge in [0.25, 0.3) is 5.91 Å². The number of nitrogens with one attached hydrogen (secondary N) is 1. The molecule has 2 aliphatic rings. The molecule has 1 saturated heterocycles. The van der Waals surface area contributed by atoms with E-state index in [0.29, 0.717) is 6.07 Å². The molecule has 0 radical (unpaired) electrons. The van der Waals surface area contributed by atoms with Gasteiger partial charge in [-0.2, -0.15) is 0 Å². The van der Waals surface area contributed by atoms with Crippen LogP contribution in [-0.4, -0.2) is 49.8 Å². The standard InChI is InChI=1S/C19H19F2N3O6/c20-10-2-1-9(12(21)5-10)6-22-18(28)11-7-23-8-14-24(13(25)3-4-30-14)19(29)15(23)17(27)16(11)26/h1-2,5,7,13-14,19,25,27,29H,3-4,6,8H2,(H,22,28). The van der Waals surface area contributed by atoms with E-state index in [2.05, 4.69) is 5.32 Å². The van der Waals surface area contributed by atoms with Crippen LogP contribution in [0.15, 0.2) is 29.2 Å². The van der Waals surface area contributed by atoms with Gasteiger partial charge in [0.2, 0.25) is 5.43 Å². The van der Waals surface area contributed by atoms with Gasteiger partial charge in [-0.15, -0.1) is 0 Å². The quantitative estimate of drug-likeness (QED) is 0.553. The molecule has 1 aromatic carbocycles. The number of fused-ring (bicyclic) bond motifs is 2. The van der Waals surface area contributed by atoms with Gasteiger partial charge in [-0.1, -0.05) is 6.07 Å². The molecule has 160 valence electrons. The largest absolute Gasteiger partial charge is 0.503 e. The van der Waals surface area contributed by atoms with Crippen molar-refractivity contribution in [2.45, 2.75) is 38.2 Å². The van der Waals surface area contributed by atoms with Crippen molar-refractivity contribution in [1.29, 1.82) is 0 Å². The van der Waals surface area contributed by atoms with E-state index in [9.17, 15) is 33.7 Å². The van der Waals surface area contributed by atoms with Gasteiger partial charge in [-0.25, -0.2) is 13.7 Å². The highest BCUT2D eigenvalue weighted by Crippen LogP contribution is 2.35. The number of aliphatic hydroxyl groups is 2. The fraction of sp³-hybridized carbons (Fsp3) is 0.368. The second-order valence-electron chi connectivity index (χ2n) is 7.09. The summed E-state index contributed by atoms with van der Waals surface area (Å²) in [5.41, 5.74) is -1.59. The number of benzene rings is 1. The normalized spacial score (nSPS) is 23.5. The molecular weight excluding hydrogens is 404 g/mol. The Balaban J connectivity index is 1.62. The Morgan fingerprint density at radius 2 is 2.07 bits per heavy atom. The molecular formula is C19H19F2N3O6. The van der Waals surface area contributed by atoms with Crippen molar-refractivity contribution in [2.24, 2.45) is 0 Å². The van der Waals surface area contributed by atoms with E-state index >= 15 is 0 Å². The number of hydrogen-bond acceptors (Lipinski definition) is 7. The van der Waals surface area contributed by atoms with Gasteiger partial charge in [-0.3, -0.25) is 9.59 Å². The minimum atomic E-state index is -1.52. The van der Waals surface area contributed by atoms with Crippen LogP contribution >= 0.6 is 0 Å². The minimum Gasteiger partial charge on any atom is -0.503 e. The molecule has 1 amide bonds. The number of amides is 1. The molecule has 1 fully saturated rings. The Kier molecular flexibility index (Phi) is 5.28. The van der Waals surface area contributed by atoms with Crippen LogP contribution in [0.4, 0.5) is 8.78 Å². The zero-order chi connectivity index (χ0) is 21.6. The number of aromatic hydroxyl groups is 1. The van der Waals surface area contributed by atoms with E-state index in [0.717, 1.165) is 6.07 Å². The second-order valence-corrected chi connectivity index (χ2v) is 7.09. The Morgan fingerprint density at radius 1 is 1.30 bits per heavy atom. The first kappa shape index (κ1) is 20.4. The third kappa shape index (κ3) is 3.45. The topological polar surface area (TPSA) is 124 Å². The molecule has 0 bridgehead atoms. The maximum Gasteiger partial charge on any atom is 0.257 e. The third-order valence-electron chi connectivity index (χ3n) is 5.24. The van der Waals surface area contributed by atoms with Gasteiger partial charge in [-0.05, 0) is 6.07 Å². The number of aliphatic hydroxyl groups excluding tert-OH is 2. The van der Waals surface area contributed by atoms with Gasteiger partial charge in [0, 0.05) is 30.8 Å². The number of rotatable bonds is 3. The monoisotopic (exact) mass is 423 g/mol. The van der Waals surface area contributed by atoms with E-state index in [1.807, 2.05) is 0 Å². The van der Waals surface area contributed by atoms with Crippen LogP contribution in [0.5, 0.6) is 5.75 Å². The summed E-state index contributed by atoms with van der Waals surface area (Å²) in [6.07, 6.45) is -1.84. The van der Waals surface area contributed by atoms with Gasteiger partial charge in [0.15, 0.2) is 12.0 Å². The first-order chi connectivity index (χ1) is 14.3. The summed E-state index contributed by atoms with van der Waals surface area (Å²) in [6, 6.07) is 2.88. The number of halogens is 2. The lowest BCUT2D eigenvalue weighted by Gasteiger charge is -2.46. The molecule has 3 unspecified atom stereocenters. The van der Waals surface area contributed by atoms with Crippen LogP contribution in [0.2, 0.25) is 0 Å². The minimum absolute atomic E-state index is 0.0164. The van der Waals surface area contributed by atoms with Crippen molar-refractivity contribution in [3.05, 3.63) is 63.1 Å². The molecule has 3 heterocycles. The predicted molar refractivity (Wildman–Crippen MR) is 97.1 cm³/mol. The molecule has 4 rings (SSSR count). The zero-order valence-electron chi connectivity index (χ0n) is 15.6. The van der Waals surface area contributed by atoms with Gasteiger partial charge in [0.1, 0.15) is 35.3 Å². The van der Waals surface area contributed by atoms with Crippen molar-refractivity contribution in [1.82, 2.24) is 14.8 Å². The lowest BCUT2D eigenvalue weighted by atomic mass is 10.1. The van der Waals surface area contributed by atoms with Crippen LogP contribution in [-0.2, 0) is 17.8 Å². The average molecular weight is 423 g/mol. The maximum atomic E-state index is 13.7. The van der Waals surface area contributed by atoms with Crippen LogP contribution in [0.1, 0.15) is 34.3 Å². The summed E-state index contributed by atoms with van der Waals surface area (Å²) in [4.78, 5) is 26.2. The summed E-state index contributed by atoms with van der Waals surface area (Å²) < 4.78 is 33.6. The van der Waals surface area contributed by atoms with E-state index in [1.54, 1.807) is 0 Å². The molecule has 30 heavy (non-hydrogen) atoms. The van der Waals surface area contributed by atoms with Crippen molar-refractivity contribution in [2.75, 3.05) is 6.61 Å². The maximum absolute atomic E-state index is 13.7. The number of pyridine rings is 1. The van der Waals surface area contributed by atoms with E-state index < -0.39 is 53.0 Å². The number of hydrogen-bond donors (Lipinski definition) is 4. The number of carbonyl (C=O) groups excluding carboxylic acids is 1. The number of carbonyl (C=O) groups is 1.